The minimum Gasteiger partial charge on any atom is -0.550 e. The van der Waals surface area contributed by atoms with Gasteiger partial charge in [-0.05, 0) is 28.1 Å². The van der Waals surface area contributed by atoms with Gasteiger partial charge in [0.2, 0.25) is 5.91 Å². The molecule has 2 saturated heterocycles. The molecule has 1 amide bonds. The van der Waals surface area contributed by atoms with Crippen LogP contribution in [0.15, 0.2) is 40.9 Å². The maximum atomic E-state index is 12.7. The molecular formula is C15H11BrNO4-. The number of rotatable bonds is 2. The van der Waals surface area contributed by atoms with Crippen molar-refractivity contribution in [3.05, 3.63) is 40.9 Å². The summed E-state index contributed by atoms with van der Waals surface area (Å²) in [5.74, 6) is -3.05. The van der Waals surface area contributed by atoms with Crippen molar-refractivity contribution in [2.75, 3.05) is 11.4 Å². The molecule has 0 radical (unpaired) electrons. The number of ether oxygens (including phenoxy) is 1. The maximum Gasteiger partial charge on any atom is 0.234 e. The van der Waals surface area contributed by atoms with E-state index in [4.69, 9.17) is 4.74 Å². The van der Waals surface area contributed by atoms with Gasteiger partial charge in [-0.15, -0.1) is 0 Å². The van der Waals surface area contributed by atoms with Gasteiger partial charge in [0.15, 0.2) is 0 Å². The fraction of sp³-hybridized carbons (Fsp3) is 0.333. The summed E-state index contributed by atoms with van der Waals surface area (Å²) in [7, 11) is 0. The van der Waals surface area contributed by atoms with Gasteiger partial charge < -0.3 is 19.5 Å². The van der Waals surface area contributed by atoms with Crippen molar-refractivity contribution in [1.82, 2.24) is 0 Å². The summed E-state index contributed by atoms with van der Waals surface area (Å²) in [5, 5.41) is 11.4. The highest BCUT2D eigenvalue weighted by molar-refractivity contribution is 9.10. The Labute approximate surface area is 129 Å². The van der Waals surface area contributed by atoms with Crippen molar-refractivity contribution in [1.29, 1.82) is 0 Å². The smallest absolute Gasteiger partial charge is 0.234 e. The van der Waals surface area contributed by atoms with Gasteiger partial charge in [-0.2, -0.15) is 0 Å². The van der Waals surface area contributed by atoms with Crippen LogP contribution in [0.1, 0.15) is 0 Å². The van der Waals surface area contributed by atoms with Gasteiger partial charge in [0.05, 0.1) is 24.3 Å². The first-order valence-corrected chi connectivity index (χ1v) is 7.47. The number of carboxylic acid groups (broad SMARTS) is 1. The zero-order valence-electron chi connectivity index (χ0n) is 10.9. The number of carboxylic acids is 1. The highest BCUT2D eigenvalue weighted by Gasteiger charge is 2.65. The summed E-state index contributed by atoms with van der Waals surface area (Å²) in [5.41, 5.74) is -0.106. The Bertz CT molecular complexity index is 688. The predicted octanol–water partition coefficient (Wildman–Crippen LogP) is 0.485. The second-order valence-electron chi connectivity index (χ2n) is 5.59. The van der Waals surface area contributed by atoms with Crippen LogP contribution in [0.3, 0.4) is 0 Å². The van der Waals surface area contributed by atoms with Crippen LogP contribution in [0.2, 0.25) is 0 Å². The number of nitrogens with zero attached hydrogens (tertiary/aromatic N) is 1. The van der Waals surface area contributed by atoms with Crippen molar-refractivity contribution in [3.63, 3.8) is 0 Å². The van der Waals surface area contributed by atoms with E-state index in [1.54, 1.807) is 11.0 Å². The molecule has 0 unspecified atom stereocenters. The molecule has 0 N–H and O–H groups in total. The first-order chi connectivity index (χ1) is 10.0. The topological polar surface area (TPSA) is 69.7 Å². The van der Waals surface area contributed by atoms with Crippen LogP contribution in [0, 0.1) is 11.8 Å². The van der Waals surface area contributed by atoms with Crippen LogP contribution in [0.5, 0.6) is 0 Å². The summed E-state index contributed by atoms with van der Waals surface area (Å²) in [6, 6.07) is 7.37. The van der Waals surface area contributed by atoms with Crippen LogP contribution < -0.4 is 10.0 Å². The Kier molecular flexibility index (Phi) is 2.59. The Hall–Kier alpha value is -1.66. The highest BCUT2D eigenvalue weighted by Crippen LogP contribution is 2.52. The number of hydrogen-bond donors (Lipinski definition) is 0. The second-order valence-corrected chi connectivity index (χ2v) is 6.45. The lowest BCUT2D eigenvalue weighted by atomic mass is 9.77. The molecule has 0 saturated carbocycles. The molecule has 4 rings (SSSR count). The lowest BCUT2D eigenvalue weighted by Crippen LogP contribution is -2.45. The van der Waals surface area contributed by atoms with E-state index in [1.165, 1.54) is 0 Å². The minimum atomic E-state index is -1.22. The number of hydrogen-bond acceptors (Lipinski definition) is 4. The van der Waals surface area contributed by atoms with Crippen molar-refractivity contribution < 1.29 is 19.4 Å². The molecule has 108 valence electrons. The van der Waals surface area contributed by atoms with Crippen LogP contribution in [-0.2, 0) is 14.3 Å². The molecule has 2 bridgehead atoms. The third-order valence-electron chi connectivity index (χ3n) is 4.52. The lowest BCUT2D eigenvalue weighted by Gasteiger charge is -2.24. The van der Waals surface area contributed by atoms with Gasteiger partial charge in [-0.3, -0.25) is 4.79 Å². The first-order valence-electron chi connectivity index (χ1n) is 6.67. The number of carbonyl (C=O) groups excluding carboxylic acids is 2. The molecule has 3 aliphatic rings. The summed E-state index contributed by atoms with van der Waals surface area (Å²) in [6.07, 6.45) is 3.01. The number of anilines is 1. The number of benzene rings is 1. The third-order valence-corrected chi connectivity index (χ3v) is 5.19. The standard InChI is InChI=1S/C15H12BrNO4/c16-8-3-1-2-4-9(8)17-7-15-6-5-10(21-15)11(14(19)20)12(15)13(17)18/h1-6,10-12H,7H2,(H,19,20)/p-1/t10-,11-,12+,15+/m0/s1. The molecule has 6 heteroatoms. The molecule has 0 aromatic heterocycles. The van der Waals surface area contributed by atoms with Crippen LogP contribution >= 0.6 is 15.9 Å². The van der Waals surface area contributed by atoms with E-state index in [2.05, 4.69) is 15.9 Å². The zero-order valence-corrected chi connectivity index (χ0v) is 12.4. The average Bonchev–Trinajstić information content (AvgIpc) is 3.08. The molecule has 4 atom stereocenters. The summed E-state index contributed by atoms with van der Waals surface area (Å²) >= 11 is 3.43. The number of halogens is 1. The maximum absolute atomic E-state index is 12.7. The van der Waals surface area contributed by atoms with E-state index in [0.717, 1.165) is 10.2 Å². The van der Waals surface area contributed by atoms with Crippen LogP contribution in [0.4, 0.5) is 5.69 Å². The fourth-order valence-corrected chi connectivity index (χ4v) is 4.14. The van der Waals surface area contributed by atoms with Gasteiger partial charge >= 0.3 is 0 Å². The Balaban J connectivity index is 1.78. The van der Waals surface area contributed by atoms with Crippen molar-refractivity contribution in [3.8, 4) is 0 Å². The van der Waals surface area contributed by atoms with E-state index in [-0.39, 0.29) is 5.91 Å². The van der Waals surface area contributed by atoms with Gasteiger partial charge in [0.1, 0.15) is 5.60 Å². The lowest BCUT2D eigenvalue weighted by molar-refractivity contribution is -0.313. The number of amides is 1. The van der Waals surface area contributed by atoms with Crippen molar-refractivity contribution in [2.45, 2.75) is 11.7 Å². The molecule has 2 fully saturated rings. The van der Waals surface area contributed by atoms with Crippen molar-refractivity contribution in [2.24, 2.45) is 11.8 Å². The molecule has 1 aromatic rings. The van der Waals surface area contributed by atoms with E-state index in [9.17, 15) is 14.7 Å². The summed E-state index contributed by atoms with van der Waals surface area (Å²) in [6.45, 7) is 0.329. The Morgan fingerprint density at radius 3 is 2.90 bits per heavy atom. The number of para-hydroxylation sites is 1. The molecule has 3 heterocycles. The number of fused-ring (bicyclic) bond motifs is 1. The molecular weight excluding hydrogens is 338 g/mol. The monoisotopic (exact) mass is 348 g/mol. The Morgan fingerprint density at radius 2 is 2.19 bits per heavy atom. The predicted molar refractivity (Wildman–Crippen MR) is 75.2 cm³/mol. The van der Waals surface area contributed by atoms with Gasteiger partial charge in [0.25, 0.3) is 0 Å². The fourth-order valence-electron chi connectivity index (χ4n) is 3.64. The van der Waals surface area contributed by atoms with Gasteiger partial charge in [0, 0.05) is 16.4 Å². The van der Waals surface area contributed by atoms with E-state index in [1.807, 2.05) is 30.3 Å². The first kappa shape index (κ1) is 13.0. The number of aliphatic carboxylic acids is 1. The normalized spacial score (nSPS) is 36.3. The van der Waals surface area contributed by atoms with Crippen LogP contribution in [0.25, 0.3) is 0 Å². The van der Waals surface area contributed by atoms with E-state index < -0.39 is 29.5 Å². The van der Waals surface area contributed by atoms with E-state index >= 15 is 0 Å². The Morgan fingerprint density at radius 1 is 1.43 bits per heavy atom. The highest BCUT2D eigenvalue weighted by atomic mass is 79.9. The molecule has 1 aromatic carbocycles. The molecule has 0 aliphatic carbocycles. The second kappa shape index (κ2) is 4.18. The molecule has 1 spiro atoms. The largest absolute Gasteiger partial charge is 0.550 e. The van der Waals surface area contributed by atoms with Gasteiger partial charge in [-0.1, -0.05) is 24.3 Å². The number of carbonyl (C=O) groups is 2. The quantitative estimate of drug-likeness (QED) is 0.729. The minimum absolute atomic E-state index is 0.219. The third kappa shape index (κ3) is 1.60. The average molecular weight is 349 g/mol. The van der Waals surface area contributed by atoms with Crippen LogP contribution in [-0.4, -0.2) is 30.1 Å². The molecule has 5 nitrogen and oxygen atoms in total. The van der Waals surface area contributed by atoms with Crippen molar-refractivity contribution >= 4 is 33.5 Å². The van der Waals surface area contributed by atoms with E-state index in [0.29, 0.717) is 6.54 Å². The molecule has 3 aliphatic heterocycles. The SMILES string of the molecule is O=C([O-])[C@H]1[C@@H]2C=C[C@]3(CN(c4ccccc4Br)C(=O)[C@@H]13)O2. The summed E-state index contributed by atoms with van der Waals surface area (Å²) < 4.78 is 6.60. The summed E-state index contributed by atoms with van der Waals surface area (Å²) in [4.78, 5) is 25.7. The zero-order chi connectivity index (χ0) is 14.8. The molecule has 21 heavy (non-hydrogen) atoms. The van der Waals surface area contributed by atoms with Gasteiger partial charge in [-0.25, -0.2) is 0 Å².